The smallest absolute Gasteiger partial charge is 0.230 e. The normalized spacial score (nSPS) is 14.9. The zero-order chi connectivity index (χ0) is 13.2. The molecule has 0 amide bonds. The average molecular weight is 256 g/mol. The number of anilines is 2. The van der Waals surface area contributed by atoms with Gasteiger partial charge >= 0.3 is 0 Å². The van der Waals surface area contributed by atoms with Gasteiger partial charge in [0.05, 0.1) is 0 Å². The lowest BCUT2D eigenvalue weighted by atomic mass is 10.2. The Hall–Kier alpha value is -2.24. The van der Waals surface area contributed by atoms with E-state index in [0.29, 0.717) is 11.8 Å². The van der Waals surface area contributed by atoms with Gasteiger partial charge < -0.3 is 10.6 Å². The first kappa shape index (κ1) is 11.8. The molecule has 3 heterocycles. The molecular formula is C13H16N6. The Kier molecular flexibility index (Phi) is 2.98. The van der Waals surface area contributed by atoms with Gasteiger partial charge in [-0.25, -0.2) is 0 Å². The molecule has 2 N–H and O–H groups in total. The number of hydrogen-bond acceptors (Lipinski definition) is 6. The summed E-state index contributed by atoms with van der Waals surface area (Å²) in [5, 5.41) is 0. The zero-order valence-corrected chi connectivity index (χ0v) is 10.9. The third-order valence-electron chi connectivity index (χ3n) is 3.18. The van der Waals surface area contributed by atoms with Crippen LogP contribution in [0.4, 0.5) is 11.9 Å². The molecule has 98 valence electrons. The molecule has 3 rings (SSSR count). The molecule has 1 saturated heterocycles. The van der Waals surface area contributed by atoms with Gasteiger partial charge in [-0.05, 0) is 31.9 Å². The van der Waals surface area contributed by atoms with E-state index in [9.17, 15) is 0 Å². The third kappa shape index (κ3) is 2.47. The molecule has 0 aliphatic carbocycles. The summed E-state index contributed by atoms with van der Waals surface area (Å²) in [7, 11) is 0. The first-order valence-electron chi connectivity index (χ1n) is 6.42. The molecular weight excluding hydrogens is 240 g/mol. The highest BCUT2D eigenvalue weighted by Crippen LogP contribution is 2.21. The van der Waals surface area contributed by atoms with Gasteiger partial charge in [0.25, 0.3) is 0 Å². The van der Waals surface area contributed by atoms with Gasteiger partial charge in [-0.15, -0.1) is 0 Å². The summed E-state index contributed by atoms with van der Waals surface area (Å²) in [4.78, 5) is 19.3. The molecule has 2 aromatic rings. The topological polar surface area (TPSA) is 80.8 Å². The fourth-order valence-electron chi connectivity index (χ4n) is 2.25. The number of pyridine rings is 1. The van der Waals surface area contributed by atoms with E-state index in [1.165, 1.54) is 12.8 Å². The number of nitrogens with zero attached hydrogens (tertiary/aromatic N) is 5. The van der Waals surface area contributed by atoms with Crippen molar-refractivity contribution in [2.75, 3.05) is 23.7 Å². The Labute approximate surface area is 111 Å². The molecule has 1 aliphatic rings. The summed E-state index contributed by atoms with van der Waals surface area (Å²) in [5.41, 5.74) is 7.65. The SMILES string of the molecule is Cc1cc(-c2nc(N)nc(N3CCCC3)n2)ccn1. The molecule has 0 atom stereocenters. The van der Waals surface area contributed by atoms with Crippen molar-refractivity contribution in [1.82, 2.24) is 19.9 Å². The highest BCUT2D eigenvalue weighted by atomic mass is 15.3. The minimum absolute atomic E-state index is 0.265. The van der Waals surface area contributed by atoms with E-state index in [-0.39, 0.29) is 5.95 Å². The van der Waals surface area contributed by atoms with Crippen LogP contribution in [0.3, 0.4) is 0 Å². The van der Waals surface area contributed by atoms with Crippen molar-refractivity contribution in [1.29, 1.82) is 0 Å². The molecule has 2 aromatic heterocycles. The van der Waals surface area contributed by atoms with Gasteiger partial charge in [0.15, 0.2) is 5.82 Å². The predicted octanol–water partition coefficient (Wildman–Crippen LogP) is 1.42. The lowest BCUT2D eigenvalue weighted by molar-refractivity contribution is 0.887. The summed E-state index contributed by atoms with van der Waals surface area (Å²) in [6, 6.07) is 3.83. The number of hydrogen-bond donors (Lipinski definition) is 1. The van der Waals surface area contributed by atoms with Gasteiger partial charge in [-0.1, -0.05) is 0 Å². The van der Waals surface area contributed by atoms with Gasteiger partial charge in [-0.2, -0.15) is 15.0 Å². The first-order chi connectivity index (χ1) is 9.22. The van der Waals surface area contributed by atoms with Crippen LogP contribution in [0.25, 0.3) is 11.4 Å². The first-order valence-corrected chi connectivity index (χ1v) is 6.42. The third-order valence-corrected chi connectivity index (χ3v) is 3.18. The van der Waals surface area contributed by atoms with Crippen LogP contribution >= 0.6 is 0 Å². The van der Waals surface area contributed by atoms with Gasteiger partial charge in [-0.3, -0.25) is 4.98 Å². The molecule has 0 bridgehead atoms. The van der Waals surface area contributed by atoms with E-state index in [4.69, 9.17) is 5.73 Å². The summed E-state index contributed by atoms with van der Waals surface area (Å²) in [6.45, 7) is 3.91. The second kappa shape index (κ2) is 4.79. The second-order valence-corrected chi connectivity index (χ2v) is 4.70. The molecule has 0 aromatic carbocycles. The molecule has 6 nitrogen and oxygen atoms in total. The average Bonchev–Trinajstić information content (AvgIpc) is 2.92. The van der Waals surface area contributed by atoms with Crippen molar-refractivity contribution in [2.45, 2.75) is 19.8 Å². The quantitative estimate of drug-likeness (QED) is 0.875. The minimum Gasteiger partial charge on any atom is -0.368 e. The summed E-state index contributed by atoms with van der Waals surface area (Å²) in [5.74, 6) is 1.55. The predicted molar refractivity (Wildman–Crippen MR) is 73.7 cm³/mol. The summed E-state index contributed by atoms with van der Waals surface area (Å²) in [6.07, 6.45) is 4.10. The Morgan fingerprint density at radius 3 is 2.68 bits per heavy atom. The fraction of sp³-hybridized carbons (Fsp3) is 0.385. The van der Waals surface area contributed by atoms with E-state index in [1.807, 2.05) is 19.1 Å². The Bertz CT molecular complexity index is 591. The highest BCUT2D eigenvalue weighted by molar-refractivity contribution is 5.57. The molecule has 0 radical (unpaired) electrons. The Morgan fingerprint density at radius 1 is 1.16 bits per heavy atom. The van der Waals surface area contributed by atoms with E-state index in [2.05, 4.69) is 24.8 Å². The monoisotopic (exact) mass is 256 g/mol. The van der Waals surface area contributed by atoms with Crippen molar-refractivity contribution >= 4 is 11.9 Å². The second-order valence-electron chi connectivity index (χ2n) is 4.70. The summed E-state index contributed by atoms with van der Waals surface area (Å²) >= 11 is 0. The molecule has 19 heavy (non-hydrogen) atoms. The molecule has 0 spiro atoms. The van der Waals surface area contributed by atoms with Crippen LogP contribution in [-0.2, 0) is 0 Å². The van der Waals surface area contributed by atoms with Crippen molar-refractivity contribution in [3.8, 4) is 11.4 Å². The highest BCUT2D eigenvalue weighted by Gasteiger charge is 2.17. The van der Waals surface area contributed by atoms with Gasteiger partial charge in [0, 0.05) is 30.5 Å². The Morgan fingerprint density at radius 2 is 1.95 bits per heavy atom. The summed E-state index contributed by atoms with van der Waals surface area (Å²) < 4.78 is 0. The van der Waals surface area contributed by atoms with Crippen LogP contribution < -0.4 is 10.6 Å². The van der Waals surface area contributed by atoms with E-state index >= 15 is 0 Å². The lowest BCUT2D eigenvalue weighted by Crippen LogP contribution is -2.21. The van der Waals surface area contributed by atoms with Crippen molar-refractivity contribution in [3.05, 3.63) is 24.0 Å². The van der Waals surface area contributed by atoms with E-state index < -0.39 is 0 Å². The largest absolute Gasteiger partial charge is 0.368 e. The number of nitrogen functional groups attached to an aromatic ring is 1. The van der Waals surface area contributed by atoms with Crippen molar-refractivity contribution < 1.29 is 0 Å². The standard InChI is InChI=1S/C13H16N6/c1-9-8-10(4-5-15-9)11-16-12(14)18-13(17-11)19-6-2-3-7-19/h4-5,8H,2-3,6-7H2,1H3,(H2,14,16,17,18). The van der Waals surface area contributed by atoms with Crippen LogP contribution in [0.5, 0.6) is 0 Å². The van der Waals surface area contributed by atoms with Gasteiger partial charge in [0.1, 0.15) is 0 Å². The van der Waals surface area contributed by atoms with Crippen molar-refractivity contribution in [3.63, 3.8) is 0 Å². The lowest BCUT2D eigenvalue weighted by Gasteiger charge is -2.15. The molecule has 1 fully saturated rings. The maximum Gasteiger partial charge on any atom is 0.230 e. The molecule has 6 heteroatoms. The van der Waals surface area contributed by atoms with Crippen LogP contribution in [-0.4, -0.2) is 33.0 Å². The van der Waals surface area contributed by atoms with E-state index in [0.717, 1.165) is 24.3 Å². The number of nitrogens with two attached hydrogens (primary N) is 1. The minimum atomic E-state index is 0.265. The van der Waals surface area contributed by atoms with Gasteiger partial charge in [0.2, 0.25) is 11.9 Å². The van der Waals surface area contributed by atoms with E-state index in [1.54, 1.807) is 6.20 Å². The maximum absolute atomic E-state index is 5.80. The molecule has 0 saturated carbocycles. The number of rotatable bonds is 2. The molecule has 0 unspecified atom stereocenters. The Balaban J connectivity index is 2.01. The molecule has 1 aliphatic heterocycles. The number of aryl methyl sites for hydroxylation is 1. The zero-order valence-electron chi connectivity index (χ0n) is 10.9. The van der Waals surface area contributed by atoms with Crippen molar-refractivity contribution in [2.24, 2.45) is 0 Å². The van der Waals surface area contributed by atoms with Crippen LogP contribution in [0.1, 0.15) is 18.5 Å². The van der Waals surface area contributed by atoms with Crippen LogP contribution in [0, 0.1) is 6.92 Å². The number of aromatic nitrogens is 4. The maximum atomic E-state index is 5.80. The van der Waals surface area contributed by atoms with Crippen LogP contribution in [0.15, 0.2) is 18.3 Å². The van der Waals surface area contributed by atoms with Crippen LogP contribution in [0.2, 0.25) is 0 Å². The fourth-order valence-corrected chi connectivity index (χ4v) is 2.25.